The molecule has 0 saturated carbocycles. The Labute approximate surface area is 92.0 Å². The third kappa shape index (κ3) is 2.69. The molecule has 0 fully saturated rings. The van der Waals surface area contributed by atoms with Gasteiger partial charge in [-0.05, 0) is 18.2 Å². The van der Waals surface area contributed by atoms with Gasteiger partial charge in [0.1, 0.15) is 6.61 Å². The molecule has 2 rings (SSSR count). The van der Waals surface area contributed by atoms with Gasteiger partial charge >= 0.3 is 0 Å². The third-order valence-electron chi connectivity index (χ3n) is 1.83. The van der Waals surface area contributed by atoms with Gasteiger partial charge in [-0.25, -0.2) is 0 Å². The highest BCUT2D eigenvalue weighted by Crippen LogP contribution is 2.16. The molecule has 15 heavy (non-hydrogen) atoms. The van der Waals surface area contributed by atoms with E-state index < -0.39 is 0 Å². The first-order chi connectivity index (χ1) is 7.38. The Morgan fingerprint density at radius 3 is 3.13 bits per heavy atom. The first-order valence-electron chi connectivity index (χ1n) is 4.54. The van der Waals surface area contributed by atoms with Crippen LogP contribution in [-0.2, 0) is 6.54 Å². The highest BCUT2D eigenvalue weighted by atomic mass is 32.1. The summed E-state index contributed by atoms with van der Waals surface area (Å²) in [6.45, 7) is 0.685. The molecule has 0 atom stereocenters. The minimum Gasteiger partial charge on any atom is -0.384 e. The SMILES string of the molecule is OCC#Cc1ccc(Cn2cccn2)s1. The van der Waals surface area contributed by atoms with Crippen molar-refractivity contribution in [1.82, 2.24) is 9.78 Å². The fourth-order valence-corrected chi connectivity index (χ4v) is 2.09. The zero-order chi connectivity index (χ0) is 10.5. The van der Waals surface area contributed by atoms with E-state index in [-0.39, 0.29) is 6.61 Å². The first kappa shape index (κ1) is 9.97. The van der Waals surface area contributed by atoms with Crippen molar-refractivity contribution in [1.29, 1.82) is 0 Å². The summed E-state index contributed by atoms with van der Waals surface area (Å²) in [5, 5.41) is 12.7. The van der Waals surface area contributed by atoms with E-state index in [9.17, 15) is 0 Å². The molecular weight excluding hydrogens is 208 g/mol. The van der Waals surface area contributed by atoms with Crippen LogP contribution in [0.3, 0.4) is 0 Å². The topological polar surface area (TPSA) is 38.0 Å². The lowest BCUT2D eigenvalue weighted by molar-refractivity contribution is 0.350. The molecule has 0 aliphatic heterocycles. The maximum Gasteiger partial charge on any atom is 0.104 e. The van der Waals surface area contributed by atoms with Gasteiger partial charge in [0.2, 0.25) is 0 Å². The molecule has 0 aromatic carbocycles. The highest BCUT2D eigenvalue weighted by molar-refractivity contribution is 7.12. The minimum atomic E-state index is -0.0909. The van der Waals surface area contributed by atoms with E-state index in [0.717, 1.165) is 11.4 Å². The predicted octanol–water partition coefficient (Wildman–Crippen LogP) is 1.34. The number of aliphatic hydroxyl groups is 1. The lowest BCUT2D eigenvalue weighted by Crippen LogP contribution is -1.96. The number of hydrogen-bond acceptors (Lipinski definition) is 3. The molecule has 0 amide bonds. The van der Waals surface area contributed by atoms with Gasteiger partial charge in [-0.2, -0.15) is 5.10 Å². The maximum absolute atomic E-state index is 8.56. The van der Waals surface area contributed by atoms with Gasteiger partial charge in [-0.1, -0.05) is 11.8 Å². The summed E-state index contributed by atoms with van der Waals surface area (Å²) >= 11 is 1.63. The van der Waals surface area contributed by atoms with Gasteiger partial charge in [-0.15, -0.1) is 11.3 Å². The van der Waals surface area contributed by atoms with Crippen LogP contribution in [0.15, 0.2) is 30.6 Å². The second kappa shape index (κ2) is 4.78. The van der Waals surface area contributed by atoms with E-state index in [1.165, 1.54) is 4.88 Å². The maximum atomic E-state index is 8.56. The normalized spacial score (nSPS) is 9.67. The number of rotatable bonds is 2. The van der Waals surface area contributed by atoms with Crippen molar-refractivity contribution in [2.24, 2.45) is 0 Å². The minimum absolute atomic E-state index is 0.0909. The molecule has 0 saturated heterocycles. The molecule has 0 aliphatic rings. The Balaban J connectivity index is 2.07. The molecule has 0 bridgehead atoms. The molecule has 2 aromatic rings. The van der Waals surface area contributed by atoms with Crippen molar-refractivity contribution >= 4 is 11.3 Å². The van der Waals surface area contributed by atoms with Gasteiger partial charge in [-0.3, -0.25) is 4.68 Å². The molecular formula is C11H10N2OS. The smallest absolute Gasteiger partial charge is 0.104 e. The van der Waals surface area contributed by atoms with Gasteiger partial charge < -0.3 is 5.11 Å². The molecule has 76 valence electrons. The van der Waals surface area contributed by atoms with Crippen molar-refractivity contribution in [3.63, 3.8) is 0 Å². The van der Waals surface area contributed by atoms with Crippen molar-refractivity contribution in [2.75, 3.05) is 6.61 Å². The molecule has 1 N–H and O–H groups in total. The largest absolute Gasteiger partial charge is 0.384 e. The zero-order valence-electron chi connectivity index (χ0n) is 8.05. The summed E-state index contributed by atoms with van der Waals surface area (Å²) in [6.07, 6.45) is 3.69. The molecule has 0 aliphatic carbocycles. The lowest BCUT2D eigenvalue weighted by atomic mass is 10.4. The van der Waals surface area contributed by atoms with Gasteiger partial charge in [0, 0.05) is 17.3 Å². The Hall–Kier alpha value is -1.57. The standard InChI is InChI=1S/C11H10N2OS/c14-8-1-3-10-4-5-11(15-10)9-13-7-2-6-12-13/h2,4-7,14H,8-9H2. The molecule has 4 heteroatoms. The van der Waals surface area contributed by atoms with E-state index in [2.05, 4.69) is 16.9 Å². The van der Waals surface area contributed by atoms with Crippen LogP contribution in [0.5, 0.6) is 0 Å². The van der Waals surface area contributed by atoms with Crippen LogP contribution in [-0.4, -0.2) is 21.5 Å². The van der Waals surface area contributed by atoms with Crippen LogP contribution in [0.4, 0.5) is 0 Å². The average Bonchev–Trinajstić information content (AvgIpc) is 2.87. The molecule has 2 aromatic heterocycles. The molecule has 0 radical (unpaired) electrons. The van der Waals surface area contributed by atoms with Gasteiger partial charge in [0.25, 0.3) is 0 Å². The number of aliphatic hydroxyl groups excluding tert-OH is 1. The first-order valence-corrected chi connectivity index (χ1v) is 5.36. The number of nitrogens with zero attached hydrogens (tertiary/aromatic N) is 2. The summed E-state index contributed by atoms with van der Waals surface area (Å²) in [7, 11) is 0. The fraction of sp³-hybridized carbons (Fsp3) is 0.182. The Morgan fingerprint density at radius 2 is 2.40 bits per heavy atom. The van der Waals surface area contributed by atoms with E-state index in [0.29, 0.717) is 0 Å². The van der Waals surface area contributed by atoms with Crippen molar-refractivity contribution < 1.29 is 5.11 Å². The second-order valence-electron chi connectivity index (χ2n) is 2.93. The molecule has 2 heterocycles. The summed E-state index contributed by atoms with van der Waals surface area (Å²) in [6, 6.07) is 5.90. The van der Waals surface area contributed by atoms with Crippen LogP contribution in [0.1, 0.15) is 9.75 Å². The van der Waals surface area contributed by atoms with Gasteiger partial charge in [0.15, 0.2) is 0 Å². The molecule has 0 spiro atoms. The van der Waals surface area contributed by atoms with E-state index in [4.69, 9.17) is 5.11 Å². The van der Waals surface area contributed by atoms with E-state index in [1.807, 2.05) is 29.1 Å². The lowest BCUT2D eigenvalue weighted by Gasteiger charge is -1.95. The molecule has 0 unspecified atom stereocenters. The Kier molecular flexibility index (Phi) is 3.18. The fourth-order valence-electron chi connectivity index (χ4n) is 1.21. The van der Waals surface area contributed by atoms with Crippen LogP contribution in [0, 0.1) is 11.8 Å². The number of thiophene rings is 1. The van der Waals surface area contributed by atoms with Crippen molar-refractivity contribution in [3.05, 3.63) is 40.3 Å². The summed E-state index contributed by atoms with van der Waals surface area (Å²) in [4.78, 5) is 2.19. The number of hydrogen-bond donors (Lipinski definition) is 1. The summed E-state index contributed by atoms with van der Waals surface area (Å²) in [5.41, 5.74) is 0. The van der Waals surface area contributed by atoms with E-state index >= 15 is 0 Å². The summed E-state index contributed by atoms with van der Waals surface area (Å²) in [5.74, 6) is 5.51. The molecule has 3 nitrogen and oxygen atoms in total. The van der Waals surface area contributed by atoms with Crippen molar-refractivity contribution in [3.8, 4) is 11.8 Å². The second-order valence-corrected chi connectivity index (χ2v) is 4.10. The van der Waals surface area contributed by atoms with Crippen molar-refractivity contribution in [2.45, 2.75) is 6.54 Å². The van der Waals surface area contributed by atoms with Crippen LogP contribution in [0.25, 0.3) is 0 Å². The monoisotopic (exact) mass is 218 g/mol. The number of aromatic nitrogens is 2. The Bertz CT molecular complexity index is 476. The third-order valence-corrected chi connectivity index (χ3v) is 2.81. The van der Waals surface area contributed by atoms with Gasteiger partial charge in [0.05, 0.1) is 11.4 Å². The van der Waals surface area contributed by atoms with Crippen LogP contribution < -0.4 is 0 Å². The quantitative estimate of drug-likeness (QED) is 0.772. The highest BCUT2D eigenvalue weighted by Gasteiger charge is 1.98. The zero-order valence-corrected chi connectivity index (χ0v) is 8.87. The average molecular weight is 218 g/mol. The summed E-state index contributed by atoms with van der Waals surface area (Å²) < 4.78 is 1.87. The predicted molar refractivity (Wildman–Crippen MR) is 59.6 cm³/mol. The van der Waals surface area contributed by atoms with Crippen LogP contribution in [0.2, 0.25) is 0 Å². The van der Waals surface area contributed by atoms with E-state index in [1.54, 1.807) is 17.5 Å². The Morgan fingerprint density at radius 1 is 1.47 bits per heavy atom. The van der Waals surface area contributed by atoms with Crippen LogP contribution >= 0.6 is 11.3 Å².